The third-order valence-corrected chi connectivity index (χ3v) is 4.60. The average molecular weight is 449 g/mol. The van der Waals surface area contributed by atoms with Gasteiger partial charge in [0.05, 0.1) is 24.9 Å². The minimum absolute atomic E-state index is 0.0360. The Bertz CT molecular complexity index is 860. The quantitative estimate of drug-likeness (QED) is 0.506. The summed E-state index contributed by atoms with van der Waals surface area (Å²) >= 11 is 3.49. The van der Waals surface area contributed by atoms with Crippen LogP contribution in [0.1, 0.15) is 31.9 Å². The maximum Gasteiger partial charge on any atom is 0.277 e. The van der Waals surface area contributed by atoms with Gasteiger partial charge in [0, 0.05) is 5.56 Å². The van der Waals surface area contributed by atoms with Gasteiger partial charge in [-0.3, -0.25) is 4.79 Å². The number of ether oxygens (including phenoxy) is 3. The van der Waals surface area contributed by atoms with E-state index in [0.717, 1.165) is 4.47 Å². The molecule has 0 aliphatic heterocycles. The SMILES string of the molecule is COc1cccc(C=NNC(=O)COc2ccc(C(C)(C)C)cc2Br)c1OC. The lowest BCUT2D eigenvalue weighted by atomic mass is 9.87. The number of amides is 1. The number of carbonyl (C=O) groups is 1. The molecule has 2 aromatic carbocycles. The van der Waals surface area contributed by atoms with E-state index < -0.39 is 0 Å². The zero-order valence-electron chi connectivity index (χ0n) is 16.7. The predicted octanol–water partition coefficient (Wildman–Crippen LogP) is 4.29. The van der Waals surface area contributed by atoms with Gasteiger partial charge in [0.2, 0.25) is 0 Å². The molecule has 6 nitrogen and oxygen atoms in total. The largest absolute Gasteiger partial charge is 0.493 e. The summed E-state index contributed by atoms with van der Waals surface area (Å²) in [4.78, 5) is 12.0. The molecule has 0 saturated heterocycles. The maximum absolute atomic E-state index is 12.0. The molecular formula is C21H25BrN2O4. The molecule has 0 bridgehead atoms. The molecule has 28 heavy (non-hydrogen) atoms. The van der Waals surface area contributed by atoms with Crippen LogP contribution in [-0.2, 0) is 10.2 Å². The van der Waals surface area contributed by atoms with Crippen LogP contribution >= 0.6 is 15.9 Å². The average Bonchev–Trinajstić information content (AvgIpc) is 2.65. The highest BCUT2D eigenvalue weighted by Crippen LogP contribution is 2.31. The highest BCUT2D eigenvalue weighted by atomic mass is 79.9. The van der Waals surface area contributed by atoms with Gasteiger partial charge in [-0.2, -0.15) is 5.10 Å². The topological polar surface area (TPSA) is 69.2 Å². The van der Waals surface area contributed by atoms with Crippen LogP contribution in [0.25, 0.3) is 0 Å². The lowest BCUT2D eigenvalue weighted by Crippen LogP contribution is -2.24. The summed E-state index contributed by atoms with van der Waals surface area (Å²) in [5, 5.41) is 3.95. The second kappa shape index (κ2) is 9.59. The van der Waals surface area contributed by atoms with Crippen molar-refractivity contribution < 1.29 is 19.0 Å². The Labute approximate surface area is 174 Å². The first kappa shape index (κ1) is 21.8. The second-order valence-electron chi connectivity index (χ2n) is 7.06. The zero-order chi connectivity index (χ0) is 20.7. The Hall–Kier alpha value is -2.54. The van der Waals surface area contributed by atoms with Gasteiger partial charge in [-0.15, -0.1) is 0 Å². The fourth-order valence-corrected chi connectivity index (χ4v) is 2.94. The molecule has 2 rings (SSSR count). The molecule has 0 aromatic heterocycles. The van der Waals surface area contributed by atoms with Crippen LogP contribution in [0.2, 0.25) is 0 Å². The molecule has 0 atom stereocenters. The number of hydrogen-bond acceptors (Lipinski definition) is 5. The Balaban J connectivity index is 1.94. The first-order valence-corrected chi connectivity index (χ1v) is 9.51. The van der Waals surface area contributed by atoms with E-state index in [2.05, 4.69) is 47.2 Å². The fourth-order valence-electron chi connectivity index (χ4n) is 2.45. The minimum Gasteiger partial charge on any atom is -0.493 e. The minimum atomic E-state index is -0.370. The number of para-hydroxylation sites is 1. The van der Waals surface area contributed by atoms with Gasteiger partial charge >= 0.3 is 0 Å². The van der Waals surface area contributed by atoms with E-state index in [1.54, 1.807) is 26.4 Å². The van der Waals surface area contributed by atoms with Gasteiger partial charge in [-0.05, 0) is 51.2 Å². The second-order valence-corrected chi connectivity index (χ2v) is 7.91. The molecule has 7 heteroatoms. The van der Waals surface area contributed by atoms with Crippen molar-refractivity contribution in [2.75, 3.05) is 20.8 Å². The van der Waals surface area contributed by atoms with Crippen LogP contribution in [0, 0.1) is 0 Å². The van der Waals surface area contributed by atoms with E-state index in [9.17, 15) is 4.79 Å². The molecule has 0 unspecified atom stereocenters. The summed E-state index contributed by atoms with van der Waals surface area (Å²) in [5.41, 5.74) is 4.33. The fraction of sp³-hybridized carbons (Fsp3) is 0.333. The molecule has 0 heterocycles. The summed E-state index contributed by atoms with van der Waals surface area (Å²) in [6.07, 6.45) is 1.49. The first-order chi connectivity index (χ1) is 13.3. The molecule has 1 N–H and O–H groups in total. The highest BCUT2D eigenvalue weighted by molar-refractivity contribution is 9.10. The molecule has 0 aliphatic rings. The number of methoxy groups -OCH3 is 2. The van der Waals surface area contributed by atoms with Gasteiger partial charge in [-0.25, -0.2) is 5.43 Å². The molecule has 0 saturated carbocycles. The van der Waals surface area contributed by atoms with E-state index in [0.29, 0.717) is 22.8 Å². The van der Waals surface area contributed by atoms with Crippen molar-refractivity contribution >= 4 is 28.1 Å². The number of hydrogen-bond donors (Lipinski definition) is 1. The standard InChI is InChI=1S/C21H25BrN2O4/c1-21(2,3)15-9-10-17(16(22)11-15)28-13-19(25)24-23-12-14-7-6-8-18(26-4)20(14)27-5/h6-12H,13H2,1-5H3,(H,24,25). The number of carbonyl (C=O) groups excluding carboxylic acids is 1. The molecule has 1 amide bonds. The Morgan fingerprint density at radius 1 is 1.14 bits per heavy atom. The molecule has 0 aliphatic carbocycles. The number of halogens is 1. The van der Waals surface area contributed by atoms with Gasteiger partial charge in [0.25, 0.3) is 5.91 Å². The van der Waals surface area contributed by atoms with E-state index >= 15 is 0 Å². The Morgan fingerprint density at radius 2 is 1.89 bits per heavy atom. The number of nitrogens with zero attached hydrogens (tertiary/aromatic N) is 1. The van der Waals surface area contributed by atoms with Crippen LogP contribution in [0.3, 0.4) is 0 Å². The molecule has 2 aromatic rings. The van der Waals surface area contributed by atoms with Crippen LogP contribution < -0.4 is 19.6 Å². The molecule has 150 valence electrons. The van der Waals surface area contributed by atoms with Crippen molar-refractivity contribution in [3.63, 3.8) is 0 Å². The Kier molecular flexibility index (Phi) is 7.45. The van der Waals surface area contributed by atoms with E-state index in [1.807, 2.05) is 24.3 Å². The summed E-state index contributed by atoms with van der Waals surface area (Å²) < 4.78 is 16.9. The van der Waals surface area contributed by atoms with Crippen molar-refractivity contribution in [2.45, 2.75) is 26.2 Å². The molecular weight excluding hydrogens is 424 g/mol. The lowest BCUT2D eigenvalue weighted by molar-refractivity contribution is -0.123. The van der Waals surface area contributed by atoms with E-state index in [4.69, 9.17) is 14.2 Å². The third-order valence-electron chi connectivity index (χ3n) is 3.98. The number of benzene rings is 2. The van der Waals surface area contributed by atoms with Crippen molar-refractivity contribution in [2.24, 2.45) is 5.10 Å². The molecule has 0 fully saturated rings. The number of nitrogens with one attached hydrogen (secondary N) is 1. The number of rotatable bonds is 7. The van der Waals surface area contributed by atoms with Crippen LogP contribution in [0.5, 0.6) is 17.2 Å². The van der Waals surface area contributed by atoms with Crippen molar-refractivity contribution in [1.29, 1.82) is 0 Å². The number of hydrazone groups is 1. The van der Waals surface area contributed by atoms with Gasteiger partial charge in [0.15, 0.2) is 18.1 Å². The van der Waals surface area contributed by atoms with Gasteiger partial charge in [-0.1, -0.05) is 32.9 Å². The lowest BCUT2D eigenvalue weighted by Gasteiger charge is -2.20. The normalized spacial score (nSPS) is 11.4. The molecule has 0 radical (unpaired) electrons. The van der Waals surface area contributed by atoms with E-state index in [1.165, 1.54) is 11.8 Å². The van der Waals surface area contributed by atoms with E-state index in [-0.39, 0.29) is 17.9 Å². The van der Waals surface area contributed by atoms with Crippen LogP contribution in [0.4, 0.5) is 0 Å². The van der Waals surface area contributed by atoms with Gasteiger partial charge in [0.1, 0.15) is 5.75 Å². The summed E-state index contributed by atoms with van der Waals surface area (Å²) in [6.45, 7) is 6.26. The third kappa shape index (κ3) is 5.73. The summed E-state index contributed by atoms with van der Waals surface area (Å²) in [7, 11) is 3.11. The van der Waals surface area contributed by atoms with Crippen LogP contribution in [-0.4, -0.2) is 32.9 Å². The van der Waals surface area contributed by atoms with Gasteiger partial charge < -0.3 is 14.2 Å². The van der Waals surface area contributed by atoms with Crippen molar-refractivity contribution in [1.82, 2.24) is 5.43 Å². The Morgan fingerprint density at radius 3 is 2.50 bits per heavy atom. The zero-order valence-corrected chi connectivity index (χ0v) is 18.3. The summed E-state index contributed by atoms with van der Waals surface area (Å²) in [6, 6.07) is 11.2. The highest BCUT2D eigenvalue weighted by Gasteiger charge is 2.15. The monoisotopic (exact) mass is 448 g/mol. The van der Waals surface area contributed by atoms with Crippen LogP contribution in [0.15, 0.2) is 46.0 Å². The predicted molar refractivity (Wildman–Crippen MR) is 114 cm³/mol. The summed E-state index contributed by atoms with van der Waals surface area (Å²) in [5.74, 6) is 1.36. The smallest absolute Gasteiger partial charge is 0.277 e. The van der Waals surface area contributed by atoms with Crippen molar-refractivity contribution in [3.8, 4) is 17.2 Å². The molecule has 0 spiro atoms. The first-order valence-electron chi connectivity index (χ1n) is 8.72. The van der Waals surface area contributed by atoms with Crippen molar-refractivity contribution in [3.05, 3.63) is 52.0 Å². The maximum atomic E-state index is 12.0.